The molecule has 0 radical (unpaired) electrons. The number of alkyl carbamates (subject to hydrolysis) is 1. The van der Waals surface area contributed by atoms with E-state index in [4.69, 9.17) is 14.2 Å². The van der Waals surface area contributed by atoms with Crippen molar-refractivity contribution in [2.75, 3.05) is 26.3 Å². The monoisotopic (exact) mass is 365 g/mol. The molecule has 0 spiro atoms. The summed E-state index contributed by atoms with van der Waals surface area (Å²) in [4.78, 5) is 25.5. The smallest absolute Gasteiger partial charge is 0.407 e. The summed E-state index contributed by atoms with van der Waals surface area (Å²) in [6, 6.07) is 1.84. The van der Waals surface area contributed by atoms with E-state index in [1.165, 1.54) is 6.20 Å². The van der Waals surface area contributed by atoms with Gasteiger partial charge in [0.15, 0.2) is 17.8 Å². The Kier molecular flexibility index (Phi) is 7.20. The summed E-state index contributed by atoms with van der Waals surface area (Å²) in [5.74, 6) is 1.20. The lowest BCUT2D eigenvalue weighted by Crippen LogP contribution is -2.44. The highest BCUT2D eigenvalue weighted by atomic mass is 16.6. The number of pyridine rings is 1. The van der Waals surface area contributed by atoms with Crippen molar-refractivity contribution in [1.29, 1.82) is 0 Å². The molecule has 8 heteroatoms. The van der Waals surface area contributed by atoms with Gasteiger partial charge in [0.2, 0.25) is 0 Å². The second kappa shape index (κ2) is 9.38. The molecule has 1 aromatic rings. The fraction of sp³-hybridized carbons (Fsp3) is 0.611. The fourth-order valence-electron chi connectivity index (χ4n) is 2.47. The fourth-order valence-corrected chi connectivity index (χ4v) is 2.47. The highest BCUT2D eigenvalue weighted by Crippen LogP contribution is 2.28. The van der Waals surface area contributed by atoms with Gasteiger partial charge in [-0.1, -0.05) is 0 Å². The van der Waals surface area contributed by atoms with E-state index in [0.717, 1.165) is 25.9 Å². The van der Waals surface area contributed by atoms with Crippen LogP contribution in [0.25, 0.3) is 0 Å². The van der Waals surface area contributed by atoms with Crippen molar-refractivity contribution in [2.24, 2.45) is 0 Å². The first-order chi connectivity index (χ1) is 12.4. The molecular weight excluding hydrogens is 338 g/mol. The van der Waals surface area contributed by atoms with Crippen LogP contribution in [-0.2, 0) is 4.74 Å². The maximum atomic E-state index is 11.4. The molecule has 1 aromatic heterocycles. The third-order valence-corrected chi connectivity index (χ3v) is 3.63. The summed E-state index contributed by atoms with van der Waals surface area (Å²) >= 11 is 0. The van der Waals surface area contributed by atoms with E-state index in [2.05, 4.69) is 15.6 Å². The molecule has 0 bridgehead atoms. The summed E-state index contributed by atoms with van der Waals surface area (Å²) in [5, 5.41) is 6.12. The van der Waals surface area contributed by atoms with Gasteiger partial charge in [0, 0.05) is 12.1 Å². The Morgan fingerprint density at radius 2 is 1.92 bits per heavy atom. The molecule has 1 saturated heterocycles. The zero-order valence-electron chi connectivity index (χ0n) is 15.5. The lowest BCUT2D eigenvalue weighted by Gasteiger charge is -2.26. The van der Waals surface area contributed by atoms with E-state index in [1.54, 1.807) is 6.07 Å². The largest absolute Gasteiger partial charge is 0.486 e. The SMILES string of the molecule is CC(C)(C)OC(=O)NC1CCNCC1.O=Cc1cc2c(cn1)OCCO2. The van der Waals surface area contributed by atoms with Gasteiger partial charge in [-0.25, -0.2) is 9.78 Å². The van der Waals surface area contributed by atoms with Crippen molar-refractivity contribution in [3.8, 4) is 11.5 Å². The predicted molar refractivity (Wildman–Crippen MR) is 95.9 cm³/mol. The van der Waals surface area contributed by atoms with Gasteiger partial charge < -0.3 is 24.8 Å². The van der Waals surface area contributed by atoms with Crippen molar-refractivity contribution >= 4 is 12.4 Å². The number of hydrogen-bond donors (Lipinski definition) is 2. The Balaban J connectivity index is 0.000000189. The van der Waals surface area contributed by atoms with E-state index in [0.29, 0.717) is 36.7 Å². The molecule has 2 aliphatic rings. The van der Waals surface area contributed by atoms with E-state index in [1.807, 2.05) is 20.8 Å². The minimum atomic E-state index is -0.406. The van der Waals surface area contributed by atoms with E-state index >= 15 is 0 Å². The normalized spacial score (nSPS) is 16.7. The third kappa shape index (κ3) is 6.87. The number of hydrogen-bond acceptors (Lipinski definition) is 7. The predicted octanol–water partition coefficient (Wildman–Crippen LogP) is 1.93. The van der Waals surface area contributed by atoms with Crippen LogP contribution < -0.4 is 20.1 Å². The molecule has 3 rings (SSSR count). The maximum Gasteiger partial charge on any atom is 0.407 e. The van der Waals surface area contributed by atoms with Crippen molar-refractivity contribution in [3.05, 3.63) is 18.0 Å². The van der Waals surface area contributed by atoms with Gasteiger partial charge in [-0.05, 0) is 46.7 Å². The van der Waals surface area contributed by atoms with Gasteiger partial charge in [0.1, 0.15) is 24.5 Å². The molecule has 2 aliphatic heterocycles. The maximum absolute atomic E-state index is 11.4. The number of aromatic nitrogens is 1. The molecule has 0 saturated carbocycles. The standard InChI is InChI=1S/C10H20N2O2.C8H7NO3/c1-10(2,3)14-9(13)12-8-4-6-11-7-5-8;10-5-6-3-7-8(4-9-6)12-2-1-11-7/h8,11H,4-7H2,1-3H3,(H,12,13);3-5H,1-2H2. The number of aldehydes is 1. The number of rotatable bonds is 2. The Morgan fingerprint density at radius 1 is 1.27 bits per heavy atom. The van der Waals surface area contributed by atoms with Gasteiger partial charge in [-0.3, -0.25) is 4.79 Å². The lowest BCUT2D eigenvalue weighted by molar-refractivity contribution is 0.0495. The topological polar surface area (TPSA) is 98.8 Å². The van der Waals surface area contributed by atoms with Crippen molar-refractivity contribution in [2.45, 2.75) is 45.3 Å². The summed E-state index contributed by atoms with van der Waals surface area (Å²) in [7, 11) is 0. The van der Waals surface area contributed by atoms with Crippen molar-refractivity contribution < 1.29 is 23.8 Å². The molecular formula is C18H27N3O5. The quantitative estimate of drug-likeness (QED) is 0.773. The second-order valence-electron chi connectivity index (χ2n) is 7.04. The van der Waals surface area contributed by atoms with Gasteiger partial charge in [-0.15, -0.1) is 0 Å². The van der Waals surface area contributed by atoms with Crippen molar-refractivity contribution in [1.82, 2.24) is 15.6 Å². The van der Waals surface area contributed by atoms with E-state index < -0.39 is 5.60 Å². The first-order valence-electron chi connectivity index (χ1n) is 8.78. The Hall–Kier alpha value is -2.35. The number of carbonyl (C=O) groups excluding carboxylic acids is 2. The van der Waals surface area contributed by atoms with Crippen LogP contribution >= 0.6 is 0 Å². The van der Waals surface area contributed by atoms with Gasteiger partial charge >= 0.3 is 6.09 Å². The summed E-state index contributed by atoms with van der Waals surface area (Å²) in [6.07, 6.45) is 3.85. The van der Waals surface area contributed by atoms with Crippen LogP contribution in [-0.4, -0.2) is 55.3 Å². The van der Waals surface area contributed by atoms with Crippen LogP contribution in [0, 0.1) is 0 Å². The average Bonchev–Trinajstić information content (AvgIpc) is 2.61. The number of fused-ring (bicyclic) bond motifs is 1. The molecule has 2 N–H and O–H groups in total. The molecule has 0 unspecified atom stereocenters. The first-order valence-corrected chi connectivity index (χ1v) is 8.78. The number of ether oxygens (including phenoxy) is 3. The molecule has 8 nitrogen and oxygen atoms in total. The first kappa shape index (κ1) is 20.0. The molecule has 1 fully saturated rings. The molecule has 26 heavy (non-hydrogen) atoms. The summed E-state index contributed by atoms with van der Waals surface area (Å²) < 4.78 is 15.6. The van der Waals surface area contributed by atoms with E-state index in [-0.39, 0.29) is 12.1 Å². The van der Waals surface area contributed by atoms with Gasteiger partial charge in [-0.2, -0.15) is 0 Å². The van der Waals surface area contributed by atoms with Crippen LogP contribution in [0.15, 0.2) is 12.3 Å². The second-order valence-corrected chi connectivity index (χ2v) is 7.04. The minimum absolute atomic E-state index is 0.270. The number of nitrogens with zero attached hydrogens (tertiary/aromatic N) is 1. The summed E-state index contributed by atoms with van der Waals surface area (Å²) in [6.45, 7) is 8.62. The average molecular weight is 365 g/mol. The summed E-state index contributed by atoms with van der Waals surface area (Å²) in [5.41, 5.74) is -0.0453. The van der Waals surface area contributed by atoms with Crippen LogP contribution in [0.1, 0.15) is 44.1 Å². The zero-order chi connectivity index (χ0) is 19.0. The van der Waals surface area contributed by atoms with Crippen LogP contribution in [0.3, 0.4) is 0 Å². The van der Waals surface area contributed by atoms with Crippen molar-refractivity contribution in [3.63, 3.8) is 0 Å². The minimum Gasteiger partial charge on any atom is -0.486 e. The highest BCUT2D eigenvalue weighted by Gasteiger charge is 2.20. The molecule has 0 atom stereocenters. The van der Waals surface area contributed by atoms with Gasteiger partial charge in [0.05, 0.1) is 6.20 Å². The Labute approximate surface area is 153 Å². The molecule has 3 heterocycles. The zero-order valence-corrected chi connectivity index (χ0v) is 15.5. The number of piperidine rings is 1. The lowest BCUT2D eigenvalue weighted by atomic mass is 10.1. The molecule has 0 aliphatic carbocycles. The molecule has 144 valence electrons. The number of carbonyl (C=O) groups is 2. The Bertz CT molecular complexity index is 609. The molecule has 1 amide bonds. The third-order valence-electron chi connectivity index (χ3n) is 3.63. The number of nitrogens with one attached hydrogen (secondary N) is 2. The van der Waals surface area contributed by atoms with Crippen LogP contribution in [0.4, 0.5) is 4.79 Å². The van der Waals surface area contributed by atoms with Crippen LogP contribution in [0.2, 0.25) is 0 Å². The van der Waals surface area contributed by atoms with Gasteiger partial charge in [0.25, 0.3) is 0 Å². The Morgan fingerprint density at radius 3 is 2.54 bits per heavy atom. The number of amides is 1. The van der Waals surface area contributed by atoms with E-state index in [9.17, 15) is 9.59 Å². The van der Waals surface area contributed by atoms with Crippen LogP contribution in [0.5, 0.6) is 11.5 Å². The highest BCUT2D eigenvalue weighted by molar-refractivity contribution is 5.73. The molecule has 0 aromatic carbocycles.